The summed E-state index contributed by atoms with van der Waals surface area (Å²) in [5, 5.41) is 0.730. The third-order valence-corrected chi connectivity index (χ3v) is 8.53. The summed E-state index contributed by atoms with van der Waals surface area (Å²) in [5.41, 5.74) is 5.99. The number of sulfonamides is 1. The summed E-state index contributed by atoms with van der Waals surface area (Å²) in [4.78, 5) is 4.89. The van der Waals surface area contributed by atoms with Gasteiger partial charge in [0.25, 0.3) is 0 Å². The number of aromatic nitrogens is 1. The lowest BCUT2D eigenvalue weighted by atomic mass is 9.76. The Kier molecular flexibility index (Phi) is 7.62. The molecule has 1 N–H and O–H groups in total. The van der Waals surface area contributed by atoms with E-state index in [9.17, 15) is 8.42 Å². The highest BCUT2D eigenvalue weighted by Crippen LogP contribution is 2.45. The number of fused-ring (bicyclic) bond motifs is 2. The van der Waals surface area contributed by atoms with Gasteiger partial charge in [0.1, 0.15) is 0 Å². The number of pyridine rings is 1. The monoisotopic (exact) mass is 491 g/mol. The van der Waals surface area contributed by atoms with Crippen LogP contribution in [-0.2, 0) is 10.0 Å². The SMILES string of the molecule is CSNCCCC1=Cc2cc(Cl)ccc2C(C2CCN(S(C)(=O)=O)CC2)c2ncccc21. The maximum Gasteiger partial charge on any atom is 0.211 e. The summed E-state index contributed by atoms with van der Waals surface area (Å²) >= 11 is 8.05. The van der Waals surface area contributed by atoms with E-state index < -0.39 is 10.0 Å². The number of rotatable bonds is 7. The van der Waals surface area contributed by atoms with Gasteiger partial charge in [-0.1, -0.05) is 41.8 Å². The summed E-state index contributed by atoms with van der Waals surface area (Å²) < 4.78 is 29.0. The minimum Gasteiger partial charge on any atom is -0.264 e. The standard InChI is InChI=1S/C24H30ClN3O2S2/c1-31-27-12-3-5-18-15-19-16-20(25)7-8-21(19)23(24-22(18)6-4-11-26-24)17-9-13-28(14-10-17)32(2,29)30/h4,6-8,11,15-17,23,27H,3,5,9-10,12-14H2,1-2H3. The summed E-state index contributed by atoms with van der Waals surface area (Å²) in [6.07, 6.45) is 11.1. The van der Waals surface area contributed by atoms with E-state index in [0.717, 1.165) is 48.5 Å². The van der Waals surface area contributed by atoms with Crippen molar-refractivity contribution in [3.63, 3.8) is 0 Å². The van der Waals surface area contributed by atoms with Gasteiger partial charge >= 0.3 is 0 Å². The van der Waals surface area contributed by atoms with Gasteiger partial charge in [0.2, 0.25) is 10.0 Å². The molecule has 1 aliphatic carbocycles. The van der Waals surface area contributed by atoms with E-state index in [0.29, 0.717) is 19.0 Å². The molecule has 8 heteroatoms. The van der Waals surface area contributed by atoms with Gasteiger partial charge in [-0.3, -0.25) is 9.71 Å². The van der Waals surface area contributed by atoms with Crippen LogP contribution in [0.5, 0.6) is 0 Å². The van der Waals surface area contributed by atoms with Crippen LogP contribution in [0.2, 0.25) is 5.02 Å². The van der Waals surface area contributed by atoms with Crippen molar-refractivity contribution in [1.29, 1.82) is 0 Å². The number of halogens is 1. The highest BCUT2D eigenvalue weighted by atomic mass is 35.5. The Morgan fingerprint density at radius 3 is 2.75 bits per heavy atom. The maximum atomic E-state index is 12.0. The Morgan fingerprint density at radius 1 is 1.25 bits per heavy atom. The first-order chi connectivity index (χ1) is 15.4. The minimum atomic E-state index is -3.16. The number of piperidine rings is 1. The smallest absolute Gasteiger partial charge is 0.211 e. The van der Waals surface area contributed by atoms with Crippen LogP contribution in [0.4, 0.5) is 0 Å². The van der Waals surface area contributed by atoms with Crippen molar-refractivity contribution in [3.8, 4) is 0 Å². The van der Waals surface area contributed by atoms with Crippen molar-refractivity contribution in [2.45, 2.75) is 31.6 Å². The average Bonchev–Trinajstić information content (AvgIpc) is 2.90. The van der Waals surface area contributed by atoms with Gasteiger partial charge in [0.05, 0.1) is 11.9 Å². The molecule has 4 rings (SSSR count). The normalized spacial score (nSPS) is 19.7. The number of nitrogens with zero attached hydrogens (tertiary/aromatic N) is 2. The molecule has 1 atom stereocenters. The highest BCUT2D eigenvalue weighted by Gasteiger charge is 2.35. The van der Waals surface area contributed by atoms with Crippen LogP contribution >= 0.6 is 23.5 Å². The second-order valence-electron chi connectivity index (χ2n) is 8.56. The van der Waals surface area contributed by atoms with Gasteiger partial charge in [-0.05, 0) is 78.3 Å². The number of nitrogens with one attached hydrogen (secondary N) is 1. The minimum absolute atomic E-state index is 0.123. The second kappa shape index (κ2) is 10.3. The second-order valence-corrected chi connectivity index (χ2v) is 11.7. The van der Waals surface area contributed by atoms with Crippen LogP contribution in [0.15, 0.2) is 36.5 Å². The fraction of sp³-hybridized carbons (Fsp3) is 0.458. The molecular formula is C24H30ClN3O2S2. The number of allylic oxidation sites excluding steroid dienone is 1. The molecule has 172 valence electrons. The molecule has 1 saturated heterocycles. The van der Waals surface area contributed by atoms with Crippen LogP contribution in [-0.4, -0.2) is 49.9 Å². The van der Waals surface area contributed by atoms with Crippen molar-refractivity contribution >= 4 is 45.2 Å². The molecule has 2 aliphatic rings. The highest BCUT2D eigenvalue weighted by molar-refractivity contribution is 7.96. The number of hydrogen-bond donors (Lipinski definition) is 1. The first-order valence-corrected chi connectivity index (χ1v) is 14.5. The molecule has 2 heterocycles. The zero-order valence-corrected chi connectivity index (χ0v) is 20.9. The van der Waals surface area contributed by atoms with Gasteiger partial charge in [-0.25, -0.2) is 12.7 Å². The predicted octanol–water partition coefficient (Wildman–Crippen LogP) is 5.04. The van der Waals surface area contributed by atoms with Crippen LogP contribution < -0.4 is 4.72 Å². The van der Waals surface area contributed by atoms with Crippen molar-refractivity contribution in [2.24, 2.45) is 5.92 Å². The molecule has 1 aliphatic heterocycles. The average molecular weight is 492 g/mol. The van der Waals surface area contributed by atoms with E-state index in [2.05, 4.69) is 29.0 Å². The summed E-state index contributed by atoms with van der Waals surface area (Å²) in [6, 6.07) is 10.4. The van der Waals surface area contributed by atoms with Crippen LogP contribution in [0.25, 0.3) is 11.6 Å². The van der Waals surface area contributed by atoms with Crippen molar-refractivity contribution < 1.29 is 8.42 Å². The lowest BCUT2D eigenvalue weighted by Crippen LogP contribution is -2.39. The van der Waals surface area contributed by atoms with Gasteiger partial charge in [0, 0.05) is 36.8 Å². The molecule has 1 aromatic carbocycles. The molecule has 0 spiro atoms. The molecule has 0 amide bonds. The molecule has 0 saturated carbocycles. The van der Waals surface area contributed by atoms with Crippen molar-refractivity contribution in [3.05, 3.63) is 63.9 Å². The summed E-state index contributed by atoms with van der Waals surface area (Å²) in [6.45, 7) is 2.07. The third kappa shape index (κ3) is 5.23. The molecule has 1 unspecified atom stereocenters. The topological polar surface area (TPSA) is 62.3 Å². The Labute approximate surface area is 200 Å². The molecular weight excluding hydrogens is 462 g/mol. The van der Waals surface area contributed by atoms with Crippen LogP contribution in [0, 0.1) is 5.92 Å². The molecule has 5 nitrogen and oxygen atoms in total. The lowest BCUT2D eigenvalue weighted by Gasteiger charge is -2.35. The van der Waals surface area contributed by atoms with E-state index in [1.54, 1.807) is 16.3 Å². The predicted molar refractivity (Wildman–Crippen MR) is 135 cm³/mol. The van der Waals surface area contributed by atoms with E-state index >= 15 is 0 Å². The number of hydrogen-bond acceptors (Lipinski definition) is 5. The number of benzene rings is 1. The maximum absolute atomic E-state index is 12.0. The van der Waals surface area contributed by atoms with Gasteiger partial charge in [-0.2, -0.15) is 0 Å². The largest absolute Gasteiger partial charge is 0.264 e. The van der Waals surface area contributed by atoms with Crippen molar-refractivity contribution in [1.82, 2.24) is 14.0 Å². The Balaban J connectivity index is 1.73. The first-order valence-electron chi connectivity index (χ1n) is 11.0. The van der Waals surface area contributed by atoms with Crippen LogP contribution in [0.1, 0.15) is 54.0 Å². The molecule has 0 bridgehead atoms. The quantitative estimate of drug-likeness (QED) is 0.434. The van der Waals surface area contributed by atoms with E-state index in [4.69, 9.17) is 16.6 Å². The molecule has 2 aromatic rings. The Morgan fingerprint density at radius 2 is 2.03 bits per heavy atom. The first kappa shape index (κ1) is 23.8. The summed E-state index contributed by atoms with van der Waals surface area (Å²) in [7, 11) is -3.16. The lowest BCUT2D eigenvalue weighted by molar-refractivity contribution is 0.256. The fourth-order valence-corrected chi connectivity index (χ4v) is 6.38. The van der Waals surface area contributed by atoms with E-state index in [1.807, 2.05) is 24.6 Å². The summed E-state index contributed by atoms with van der Waals surface area (Å²) in [5.74, 6) is 0.450. The van der Waals surface area contributed by atoms with Crippen LogP contribution in [0.3, 0.4) is 0 Å². The third-order valence-electron chi connectivity index (χ3n) is 6.50. The molecule has 0 radical (unpaired) electrons. The van der Waals surface area contributed by atoms with E-state index in [-0.39, 0.29) is 5.92 Å². The Hall–Kier alpha value is -1.38. The van der Waals surface area contributed by atoms with E-state index in [1.165, 1.54) is 23.0 Å². The molecule has 32 heavy (non-hydrogen) atoms. The molecule has 1 aromatic heterocycles. The Bertz CT molecular complexity index is 1100. The van der Waals surface area contributed by atoms with Gasteiger partial charge in [0.15, 0.2) is 0 Å². The van der Waals surface area contributed by atoms with Gasteiger partial charge in [-0.15, -0.1) is 0 Å². The van der Waals surface area contributed by atoms with Gasteiger partial charge < -0.3 is 0 Å². The zero-order chi connectivity index (χ0) is 22.7. The fourth-order valence-electron chi connectivity index (χ4n) is 4.98. The molecule has 1 fully saturated rings. The zero-order valence-electron chi connectivity index (χ0n) is 18.6. The van der Waals surface area contributed by atoms with Crippen molar-refractivity contribution in [2.75, 3.05) is 32.1 Å².